The van der Waals surface area contributed by atoms with Crippen molar-refractivity contribution >= 4 is 0 Å². The number of rotatable bonds is 1. The zero-order valence-corrected chi connectivity index (χ0v) is 15.3. The van der Waals surface area contributed by atoms with Crippen molar-refractivity contribution in [2.24, 2.45) is 28.6 Å². The third kappa shape index (κ3) is 1.35. The molecule has 25 heavy (non-hydrogen) atoms. The summed E-state index contributed by atoms with van der Waals surface area (Å²) in [7, 11) is 0. The van der Waals surface area contributed by atoms with Crippen molar-refractivity contribution < 1.29 is 0 Å². The summed E-state index contributed by atoms with van der Waals surface area (Å²) in [6, 6.07) is 0.262. The molecule has 0 radical (unpaired) electrons. The van der Waals surface area contributed by atoms with Gasteiger partial charge in [-0.25, -0.2) is 23.5 Å². The molecule has 3 fully saturated rings. The Morgan fingerprint density at radius 1 is 0.920 bits per heavy atom. The van der Waals surface area contributed by atoms with E-state index in [1.807, 2.05) is 9.36 Å². The fourth-order valence-electron chi connectivity index (χ4n) is 7.29. The van der Waals surface area contributed by atoms with Crippen LogP contribution in [0.15, 0.2) is 21.7 Å². The molecule has 134 valence electrons. The van der Waals surface area contributed by atoms with Crippen molar-refractivity contribution in [3.8, 4) is 0 Å². The van der Waals surface area contributed by atoms with E-state index in [1.54, 1.807) is 4.57 Å². The second-order valence-corrected chi connectivity index (χ2v) is 10.0. The van der Waals surface area contributed by atoms with Gasteiger partial charge in [0.1, 0.15) is 0 Å². The zero-order valence-electron chi connectivity index (χ0n) is 15.3. The number of nitrogens with zero attached hydrogens (tertiary/aromatic N) is 3. The molecule has 4 bridgehead atoms. The fraction of sp³-hybridized carbons (Fsp3) is 0.800. The van der Waals surface area contributed by atoms with Gasteiger partial charge in [0.15, 0.2) is 0 Å². The van der Waals surface area contributed by atoms with Crippen LogP contribution in [-0.2, 0) is 0 Å². The van der Waals surface area contributed by atoms with Crippen molar-refractivity contribution in [1.29, 1.82) is 0 Å². The quantitative estimate of drug-likeness (QED) is 0.738. The SMILES string of the molecule is CC1(C)[C@H]2CC[C@@]1(C)[C@H](n1c(=O)n3n(c1=O)[C@H]1C=C[C@H]3[C@@H]3CC[C@@H]31)C2. The molecule has 7 rings (SSSR count). The lowest BCUT2D eigenvalue weighted by Gasteiger charge is -2.52. The predicted molar refractivity (Wildman–Crippen MR) is 94.6 cm³/mol. The van der Waals surface area contributed by atoms with Crippen LogP contribution in [0.5, 0.6) is 0 Å². The average molecular weight is 341 g/mol. The highest BCUT2D eigenvalue weighted by Crippen LogP contribution is 2.69. The molecular weight excluding hydrogens is 314 g/mol. The molecule has 3 saturated carbocycles. The first-order chi connectivity index (χ1) is 11.9. The third-order valence-electron chi connectivity index (χ3n) is 9.43. The van der Waals surface area contributed by atoms with Gasteiger partial charge in [0.25, 0.3) is 0 Å². The fourth-order valence-corrected chi connectivity index (χ4v) is 7.29. The Morgan fingerprint density at radius 3 is 1.88 bits per heavy atom. The summed E-state index contributed by atoms with van der Waals surface area (Å²) in [5.41, 5.74) is 0.144. The van der Waals surface area contributed by atoms with Crippen LogP contribution >= 0.6 is 0 Å². The maximum atomic E-state index is 13.4. The van der Waals surface area contributed by atoms with E-state index in [0.29, 0.717) is 17.8 Å². The van der Waals surface area contributed by atoms with Gasteiger partial charge in [0, 0.05) is 6.04 Å². The van der Waals surface area contributed by atoms with Crippen LogP contribution in [0, 0.1) is 28.6 Å². The monoisotopic (exact) mass is 341 g/mol. The maximum absolute atomic E-state index is 13.4. The molecule has 0 unspecified atom stereocenters. The number of hydrogen-bond donors (Lipinski definition) is 0. The lowest BCUT2D eigenvalue weighted by Crippen LogP contribution is -2.52. The molecule has 0 spiro atoms. The first kappa shape index (κ1) is 14.6. The van der Waals surface area contributed by atoms with Crippen LogP contribution in [0.2, 0.25) is 0 Å². The lowest BCUT2D eigenvalue weighted by atomic mass is 9.62. The van der Waals surface area contributed by atoms with E-state index >= 15 is 0 Å². The Kier molecular flexibility index (Phi) is 2.38. The lowest BCUT2D eigenvalue weighted by molar-refractivity contribution is 0.0154. The molecule has 3 heterocycles. The zero-order chi connectivity index (χ0) is 17.3. The smallest absolute Gasteiger partial charge is 0.246 e. The minimum atomic E-state index is -0.0516. The Bertz CT molecular complexity index is 880. The van der Waals surface area contributed by atoms with Gasteiger partial charge < -0.3 is 0 Å². The summed E-state index contributed by atoms with van der Waals surface area (Å²) < 4.78 is 5.30. The van der Waals surface area contributed by atoms with E-state index in [9.17, 15) is 9.59 Å². The van der Waals surface area contributed by atoms with Crippen LogP contribution in [0.25, 0.3) is 0 Å². The molecular formula is C20H27N3O2. The number of hydrogen-bond acceptors (Lipinski definition) is 2. The molecule has 5 heteroatoms. The van der Waals surface area contributed by atoms with Gasteiger partial charge in [-0.3, -0.25) is 0 Å². The van der Waals surface area contributed by atoms with E-state index in [1.165, 1.54) is 19.3 Å². The Balaban J connectivity index is 1.56. The second kappa shape index (κ2) is 4.07. The van der Waals surface area contributed by atoms with Gasteiger partial charge >= 0.3 is 11.4 Å². The van der Waals surface area contributed by atoms with Gasteiger partial charge in [-0.15, -0.1) is 0 Å². The van der Waals surface area contributed by atoms with Gasteiger partial charge in [0.2, 0.25) is 0 Å². The molecule has 0 aromatic carbocycles. The van der Waals surface area contributed by atoms with Crippen LogP contribution in [0.4, 0.5) is 0 Å². The Labute approximate surface area is 147 Å². The topological polar surface area (TPSA) is 48.9 Å². The number of fused-ring (bicyclic) bond motifs is 2. The molecule has 6 aliphatic rings. The van der Waals surface area contributed by atoms with Gasteiger partial charge in [-0.05, 0) is 60.7 Å². The molecule has 7 atom stereocenters. The van der Waals surface area contributed by atoms with Crippen LogP contribution in [0.3, 0.4) is 0 Å². The predicted octanol–water partition coefficient (Wildman–Crippen LogP) is 2.89. The summed E-state index contributed by atoms with van der Waals surface area (Å²) in [5.74, 6) is 1.76. The summed E-state index contributed by atoms with van der Waals surface area (Å²) in [5, 5.41) is 0. The highest BCUT2D eigenvalue weighted by molar-refractivity contribution is 5.19. The molecule has 4 aliphatic carbocycles. The molecule has 1 aromatic heterocycles. The first-order valence-electron chi connectivity index (χ1n) is 10.00. The second-order valence-electron chi connectivity index (χ2n) is 10.0. The normalized spacial score (nSPS) is 47.6. The van der Waals surface area contributed by atoms with Crippen molar-refractivity contribution in [3.05, 3.63) is 33.1 Å². The van der Waals surface area contributed by atoms with Gasteiger partial charge in [-0.1, -0.05) is 32.9 Å². The van der Waals surface area contributed by atoms with Crippen LogP contribution < -0.4 is 11.4 Å². The Hall–Kier alpha value is -1.52. The van der Waals surface area contributed by atoms with E-state index in [-0.39, 0.29) is 40.3 Å². The molecule has 1 aromatic rings. The van der Waals surface area contributed by atoms with Crippen molar-refractivity contribution in [1.82, 2.24) is 13.9 Å². The van der Waals surface area contributed by atoms with Crippen molar-refractivity contribution in [2.75, 3.05) is 0 Å². The number of aromatic nitrogens is 3. The molecule has 0 saturated heterocycles. The average Bonchev–Trinajstić information content (AvgIpc) is 3.00. The molecule has 0 amide bonds. The van der Waals surface area contributed by atoms with Gasteiger partial charge in [-0.2, -0.15) is 0 Å². The maximum Gasteiger partial charge on any atom is 0.348 e. The standard InChI is InChI=1S/C20H27N3O2/c1-19(2)11-8-9-20(19,3)16(10-11)21-17(24)22-14-6-7-15(23(22)18(21)25)13-5-4-12(13)14/h6-7,11-16H,4-5,8-10H2,1-3H3/t11-,12-,13+,14-,15-,16+,20-/m0/s1. The summed E-state index contributed by atoms with van der Waals surface area (Å²) >= 11 is 0. The molecule has 2 aliphatic heterocycles. The van der Waals surface area contributed by atoms with E-state index in [2.05, 4.69) is 32.9 Å². The van der Waals surface area contributed by atoms with Gasteiger partial charge in [0.05, 0.1) is 12.1 Å². The number of allylic oxidation sites excluding steroid dienone is 2. The first-order valence-corrected chi connectivity index (χ1v) is 10.00. The largest absolute Gasteiger partial charge is 0.348 e. The molecule has 0 N–H and O–H groups in total. The molecule has 5 nitrogen and oxygen atoms in total. The highest BCUT2D eigenvalue weighted by Gasteiger charge is 2.63. The highest BCUT2D eigenvalue weighted by atomic mass is 16.2. The van der Waals surface area contributed by atoms with Crippen molar-refractivity contribution in [3.63, 3.8) is 0 Å². The van der Waals surface area contributed by atoms with E-state index in [4.69, 9.17) is 0 Å². The van der Waals surface area contributed by atoms with Crippen LogP contribution in [0.1, 0.15) is 71.0 Å². The Morgan fingerprint density at radius 2 is 1.48 bits per heavy atom. The minimum absolute atomic E-state index is 0.0458. The van der Waals surface area contributed by atoms with E-state index in [0.717, 1.165) is 12.8 Å². The summed E-state index contributed by atoms with van der Waals surface area (Å²) in [6.07, 6.45) is 10.1. The van der Waals surface area contributed by atoms with E-state index < -0.39 is 0 Å². The van der Waals surface area contributed by atoms with Crippen LogP contribution in [-0.4, -0.2) is 13.9 Å². The third-order valence-corrected chi connectivity index (χ3v) is 9.43. The minimum Gasteiger partial charge on any atom is -0.246 e. The van der Waals surface area contributed by atoms with Crippen molar-refractivity contribution in [2.45, 2.75) is 71.0 Å². The summed E-state index contributed by atoms with van der Waals surface area (Å²) in [4.78, 5) is 26.8. The summed E-state index contributed by atoms with van der Waals surface area (Å²) in [6.45, 7) is 7.00.